The molecule has 0 saturated carbocycles. The summed E-state index contributed by atoms with van der Waals surface area (Å²) in [7, 11) is 0. The maximum Gasteiger partial charge on any atom is 0.317 e. The monoisotopic (exact) mass is 191 g/mol. The smallest absolute Gasteiger partial charge is 0.317 e. The van der Waals surface area contributed by atoms with Gasteiger partial charge in [0.15, 0.2) is 0 Å². The molecular weight excluding hydrogens is 178 g/mol. The highest BCUT2D eigenvalue weighted by Crippen LogP contribution is 2.25. The van der Waals surface area contributed by atoms with Crippen molar-refractivity contribution in [2.45, 2.75) is 5.92 Å². The summed E-state index contributed by atoms with van der Waals surface area (Å²) in [6, 6.07) is 10.2. The van der Waals surface area contributed by atoms with Gasteiger partial charge in [0, 0.05) is 19.0 Å². The average molecular weight is 191 g/mol. The van der Waals surface area contributed by atoms with E-state index in [2.05, 4.69) is 12.1 Å². The number of rotatable bonds is 3. The highest BCUT2D eigenvalue weighted by molar-refractivity contribution is 5.69. The topological polar surface area (TPSA) is 40.5 Å². The first-order chi connectivity index (χ1) is 6.75. The molecule has 0 unspecified atom stereocenters. The number of aliphatic carboxylic acids is 1. The lowest BCUT2D eigenvalue weighted by Gasteiger charge is -2.38. The van der Waals surface area contributed by atoms with Crippen LogP contribution >= 0.6 is 0 Å². The molecule has 0 radical (unpaired) electrons. The van der Waals surface area contributed by atoms with Gasteiger partial charge in [-0.2, -0.15) is 0 Å². The van der Waals surface area contributed by atoms with Crippen molar-refractivity contribution in [3.8, 4) is 0 Å². The molecule has 3 heteroatoms. The van der Waals surface area contributed by atoms with Gasteiger partial charge < -0.3 is 5.11 Å². The second-order valence-electron chi connectivity index (χ2n) is 3.70. The Kier molecular flexibility index (Phi) is 2.50. The summed E-state index contributed by atoms with van der Waals surface area (Å²) in [5, 5.41) is 8.56. The Balaban J connectivity index is 1.86. The summed E-state index contributed by atoms with van der Waals surface area (Å²) < 4.78 is 0. The van der Waals surface area contributed by atoms with Crippen LogP contribution in [0.15, 0.2) is 30.3 Å². The first-order valence-electron chi connectivity index (χ1n) is 4.75. The van der Waals surface area contributed by atoms with Crippen molar-refractivity contribution in [2.75, 3.05) is 19.6 Å². The first kappa shape index (κ1) is 9.21. The van der Waals surface area contributed by atoms with Crippen LogP contribution < -0.4 is 0 Å². The Labute approximate surface area is 83.0 Å². The van der Waals surface area contributed by atoms with E-state index in [1.165, 1.54) is 5.56 Å². The van der Waals surface area contributed by atoms with Crippen LogP contribution in [0.4, 0.5) is 0 Å². The molecule has 1 aliphatic heterocycles. The number of likely N-dealkylation sites (tertiary alicyclic amines) is 1. The van der Waals surface area contributed by atoms with E-state index < -0.39 is 5.97 Å². The fourth-order valence-corrected chi connectivity index (χ4v) is 1.83. The van der Waals surface area contributed by atoms with Crippen molar-refractivity contribution in [3.63, 3.8) is 0 Å². The van der Waals surface area contributed by atoms with Crippen LogP contribution in [0.1, 0.15) is 11.5 Å². The van der Waals surface area contributed by atoms with E-state index in [0.29, 0.717) is 5.92 Å². The van der Waals surface area contributed by atoms with Crippen LogP contribution in [0.5, 0.6) is 0 Å². The van der Waals surface area contributed by atoms with E-state index in [0.717, 1.165) is 13.1 Å². The molecule has 1 heterocycles. The SMILES string of the molecule is O=C(O)CN1CC(c2ccccc2)C1. The van der Waals surface area contributed by atoms with Crippen molar-refractivity contribution >= 4 is 5.97 Å². The highest BCUT2D eigenvalue weighted by Gasteiger charge is 2.28. The lowest BCUT2D eigenvalue weighted by molar-refractivity contribution is -0.139. The summed E-state index contributed by atoms with van der Waals surface area (Å²) in [6.07, 6.45) is 0. The lowest BCUT2D eigenvalue weighted by atomic mass is 9.92. The summed E-state index contributed by atoms with van der Waals surface area (Å²) in [4.78, 5) is 12.3. The highest BCUT2D eigenvalue weighted by atomic mass is 16.4. The second-order valence-corrected chi connectivity index (χ2v) is 3.70. The van der Waals surface area contributed by atoms with Gasteiger partial charge >= 0.3 is 5.97 Å². The quantitative estimate of drug-likeness (QED) is 0.779. The molecule has 3 nitrogen and oxygen atoms in total. The molecular formula is C11H13NO2. The molecule has 1 aliphatic rings. The summed E-state index contributed by atoms with van der Waals surface area (Å²) in [5.74, 6) is -0.216. The fourth-order valence-electron chi connectivity index (χ4n) is 1.83. The molecule has 14 heavy (non-hydrogen) atoms. The van der Waals surface area contributed by atoms with Crippen LogP contribution in [-0.2, 0) is 4.79 Å². The Bertz CT molecular complexity index is 317. The predicted molar refractivity (Wildman–Crippen MR) is 53.3 cm³/mol. The zero-order valence-corrected chi connectivity index (χ0v) is 7.89. The molecule has 0 atom stereocenters. The third-order valence-electron chi connectivity index (χ3n) is 2.59. The Morgan fingerprint density at radius 3 is 2.57 bits per heavy atom. The maximum atomic E-state index is 10.4. The van der Waals surface area contributed by atoms with Crippen LogP contribution in [0.3, 0.4) is 0 Å². The molecule has 0 amide bonds. The molecule has 1 saturated heterocycles. The zero-order valence-electron chi connectivity index (χ0n) is 7.89. The first-order valence-corrected chi connectivity index (χ1v) is 4.75. The summed E-state index contributed by atoms with van der Waals surface area (Å²) in [5.41, 5.74) is 1.31. The Hall–Kier alpha value is -1.35. The van der Waals surface area contributed by atoms with Gasteiger partial charge in [0.05, 0.1) is 6.54 Å². The minimum Gasteiger partial charge on any atom is -0.480 e. The van der Waals surface area contributed by atoms with Crippen molar-refractivity contribution in [1.82, 2.24) is 4.90 Å². The van der Waals surface area contributed by atoms with E-state index in [-0.39, 0.29) is 6.54 Å². The number of hydrogen-bond donors (Lipinski definition) is 1. The molecule has 1 N–H and O–H groups in total. The van der Waals surface area contributed by atoms with Gasteiger partial charge in [-0.05, 0) is 5.56 Å². The number of benzene rings is 1. The number of hydrogen-bond acceptors (Lipinski definition) is 2. The largest absolute Gasteiger partial charge is 0.480 e. The lowest BCUT2D eigenvalue weighted by Crippen LogP contribution is -2.47. The van der Waals surface area contributed by atoms with Crippen LogP contribution in [0.2, 0.25) is 0 Å². The van der Waals surface area contributed by atoms with Crippen LogP contribution in [-0.4, -0.2) is 35.6 Å². The molecule has 74 valence electrons. The van der Waals surface area contributed by atoms with Gasteiger partial charge in [0.25, 0.3) is 0 Å². The third-order valence-corrected chi connectivity index (χ3v) is 2.59. The molecule has 2 rings (SSSR count). The van der Waals surface area contributed by atoms with Gasteiger partial charge in [0.2, 0.25) is 0 Å². The van der Waals surface area contributed by atoms with E-state index in [4.69, 9.17) is 5.11 Å². The minimum atomic E-state index is -0.739. The van der Waals surface area contributed by atoms with E-state index in [1.54, 1.807) is 0 Å². The molecule has 1 aromatic carbocycles. The third kappa shape index (κ3) is 1.93. The van der Waals surface area contributed by atoms with Gasteiger partial charge in [-0.25, -0.2) is 0 Å². The van der Waals surface area contributed by atoms with Gasteiger partial charge in [-0.1, -0.05) is 30.3 Å². The van der Waals surface area contributed by atoms with Crippen molar-refractivity contribution in [3.05, 3.63) is 35.9 Å². The van der Waals surface area contributed by atoms with E-state index in [9.17, 15) is 4.79 Å². The molecule has 0 aliphatic carbocycles. The maximum absolute atomic E-state index is 10.4. The van der Waals surface area contributed by atoms with E-state index in [1.807, 2.05) is 23.1 Å². The van der Waals surface area contributed by atoms with Gasteiger partial charge in [-0.15, -0.1) is 0 Å². The normalized spacial score (nSPS) is 17.7. The number of carboxylic acids is 1. The van der Waals surface area contributed by atoms with Crippen molar-refractivity contribution in [2.24, 2.45) is 0 Å². The van der Waals surface area contributed by atoms with Gasteiger partial charge in [0.1, 0.15) is 0 Å². The number of carboxylic acid groups (broad SMARTS) is 1. The molecule has 1 fully saturated rings. The number of carbonyl (C=O) groups is 1. The fraction of sp³-hybridized carbons (Fsp3) is 0.364. The van der Waals surface area contributed by atoms with Crippen molar-refractivity contribution < 1.29 is 9.90 Å². The molecule has 0 spiro atoms. The summed E-state index contributed by atoms with van der Waals surface area (Å²) >= 11 is 0. The van der Waals surface area contributed by atoms with E-state index >= 15 is 0 Å². The van der Waals surface area contributed by atoms with Crippen LogP contribution in [0.25, 0.3) is 0 Å². The van der Waals surface area contributed by atoms with Crippen molar-refractivity contribution in [1.29, 1.82) is 0 Å². The zero-order chi connectivity index (χ0) is 9.97. The molecule has 0 bridgehead atoms. The van der Waals surface area contributed by atoms with Crippen LogP contribution in [0, 0.1) is 0 Å². The second kappa shape index (κ2) is 3.80. The average Bonchev–Trinajstić information content (AvgIpc) is 2.12. The van der Waals surface area contributed by atoms with Gasteiger partial charge in [-0.3, -0.25) is 9.69 Å². The predicted octanol–water partition coefficient (Wildman–Crippen LogP) is 1.17. The molecule has 0 aromatic heterocycles. The Morgan fingerprint density at radius 2 is 2.00 bits per heavy atom. The molecule has 1 aromatic rings. The minimum absolute atomic E-state index is 0.170. The Morgan fingerprint density at radius 1 is 1.36 bits per heavy atom. The standard InChI is InChI=1S/C11H13NO2/c13-11(14)8-12-6-10(7-12)9-4-2-1-3-5-9/h1-5,10H,6-8H2,(H,13,14). The number of nitrogens with zero attached hydrogens (tertiary/aromatic N) is 1. The summed E-state index contributed by atoms with van der Waals surface area (Å²) in [6.45, 7) is 1.91.